The minimum Gasteiger partial charge on any atom is -0.298 e. The van der Waals surface area contributed by atoms with Gasteiger partial charge in [0.05, 0.1) is 11.8 Å². The smallest absolute Gasteiger partial charge is 0.156 e. The van der Waals surface area contributed by atoms with Gasteiger partial charge in [0.15, 0.2) is 5.78 Å². The van der Waals surface area contributed by atoms with Gasteiger partial charge in [-0.2, -0.15) is 0 Å². The van der Waals surface area contributed by atoms with Gasteiger partial charge in [-0.25, -0.2) is 0 Å². The summed E-state index contributed by atoms with van der Waals surface area (Å²) in [5.41, 5.74) is 16.7. The number of fused-ring (bicyclic) bond motifs is 6. The van der Waals surface area contributed by atoms with E-state index in [9.17, 15) is 4.79 Å². The number of hydrogen-bond acceptors (Lipinski definition) is 1. The molecule has 2 atom stereocenters. The summed E-state index contributed by atoms with van der Waals surface area (Å²) in [5, 5.41) is 0. The molecule has 1 nitrogen and oxygen atoms in total. The fraction of sp³-hybridized carbons (Fsp3) is 0.207. The summed E-state index contributed by atoms with van der Waals surface area (Å²) < 4.78 is 0. The Morgan fingerprint density at radius 1 is 0.700 bits per heavy atom. The molecule has 1 fully saturated rings. The molecule has 5 aliphatic carbocycles. The fourth-order valence-corrected chi connectivity index (χ4v) is 7.37. The minimum atomic E-state index is -0.0669. The van der Waals surface area contributed by atoms with Crippen LogP contribution in [-0.2, 0) is 17.6 Å². The maximum Gasteiger partial charge on any atom is 0.156 e. The van der Waals surface area contributed by atoms with Crippen LogP contribution in [-0.4, -0.2) is 5.78 Å². The highest BCUT2D eigenvalue weighted by molar-refractivity contribution is 6.10. The second-order valence-electron chi connectivity index (χ2n) is 9.59. The minimum absolute atomic E-state index is 0.0669. The van der Waals surface area contributed by atoms with Crippen molar-refractivity contribution in [2.45, 2.75) is 37.5 Å². The Hall–Kier alpha value is -3.19. The first-order chi connectivity index (χ1) is 14.7. The van der Waals surface area contributed by atoms with Gasteiger partial charge >= 0.3 is 0 Å². The van der Waals surface area contributed by atoms with E-state index in [-0.39, 0.29) is 17.8 Å². The van der Waals surface area contributed by atoms with Gasteiger partial charge in [-0.3, -0.25) is 4.79 Å². The predicted molar refractivity (Wildman–Crippen MR) is 119 cm³/mol. The molecule has 0 aromatic heterocycles. The number of carbonyl (C=O) groups excluding carboxylic acids is 1. The summed E-state index contributed by atoms with van der Waals surface area (Å²) in [5.74, 6) is 0.557. The van der Waals surface area contributed by atoms with Crippen molar-refractivity contribution in [3.05, 3.63) is 116 Å². The fourth-order valence-electron chi connectivity index (χ4n) is 7.37. The zero-order valence-corrected chi connectivity index (χ0v) is 16.8. The monoisotopic (exact) mass is 384 g/mol. The first-order valence-corrected chi connectivity index (χ1v) is 11.0. The van der Waals surface area contributed by atoms with Crippen LogP contribution in [0.5, 0.6) is 0 Å². The van der Waals surface area contributed by atoms with E-state index in [4.69, 9.17) is 0 Å². The number of allylic oxidation sites excluding steroid dienone is 4. The molecule has 0 saturated heterocycles. The van der Waals surface area contributed by atoms with E-state index in [0.717, 1.165) is 12.8 Å². The Morgan fingerprint density at radius 3 is 1.73 bits per heavy atom. The van der Waals surface area contributed by atoms with Crippen LogP contribution in [0, 0.1) is 6.92 Å². The van der Waals surface area contributed by atoms with Gasteiger partial charge in [0.1, 0.15) is 0 Å². The van der Waals surface area contributed by atoms with Crippen LogP contribution in [0.2, 0.25) is 0 Å². The number of benzene rings is 3. The number of rotatable bonds is 0. The first kappa shape index (κ1) is 15.6. The van der Waals surface area contributed by atoms with Crippen molar-refractivity contribution in [2.24, 2.45) is 0 Å². The van der Waals surface area contributed by atoms with Gasteiger partial charge in [-0.1, -0.05) is 66.2 Å². The molecule has 30 heavy (non-hydrogen) atoms. The van der Waals surface area contributed by atoms with Crippen LogP contribution in [0.3, 0.4) is 0 Å². The third-order valence-electron chi connectivity index (χ3n) is 8.22. The summed E-state index contributed by atoms with van der Waals surface area (Å²) in [6, 6.07) is 22.2. The van der Waals surface area contributed by atoms with E-state index < -0.39 is 0 Å². The molecule has 142 valence electrons. The van der Waals surface area contributed by atoms with Crippen molar-refractivity contribution in [1.82, 2.24) is 0 Å². The molecule has 0 N–H and O–H groups in total. The van der Waals surface area contributed by atoms with E-state index in [1.807, 2.05) is 0 Å². The zero-order chi connectivity index (χ0) is 19.7. The number of hydrogen-bond donors (Lipinski definition) is 0. The average Bonchev–Trinajstić information content (AvgIpc) is 3.26. The Balaban J connectivity index is 1.53. The quantitative estimate of drug-likeness (QED) is 0.473. The van der Waals surface area contributed by atoms with Crippen LogP contribution in [0.15, 0.2) is 71.8 Å². The normalized spacial score (nSPS) is 26.0. The highest BCUT2D eigenvalue weighted by Crippen LogP contribution is 2.67. The molecule has 0 amide bonds. The number of carbonyl (C=O) groups is 1. The molecule has 1 saturated carbocycles. The van der Waals surface area contributed by atoms with Crippen molar-refractivity contribution in [2.75, 3.05) is 0 Å². The van der Waals surface area contributed by atoms with Crippen molar-refractivity contribution in [3.63, 3.8) is 0 Å². The Morgan fingerprint density at radius 2 is 1.20 bits per heavy atom. The Labute approximate surface area is 175 Å². The van der Waals surface area contributed by atoms with E-state index in [1.165, 1.54) is 66.8 Å². The van der Waals surface area contributed by atoms with E-state index >= 15 is 0 Å². The lowest BCUT2D eigenvalue weighted by atomic mass is 9.59. The van der Waals surface area contributed by atoms with Gasteiger partial charge < -0.3 is 0 Å². The molecule has 5 aliphatic rings. The SMILES string of the molecule is Cc1cc2c3c(c1)CC1=C4C(C(=O)C5C(=C(C2)c2ccccc25)C43)c2ccccc21. The molecule has 3 aromatic rings. The lowest BCUT2D eigenvalue weighted by Gasteiger charge is -2.43. The molecule has 0 heterocycles. The van der Waals surface area contributed by atoms with Crippen molar-refractivity contribution < 1.29 is 4.79 Å². The van der Waals surface area contributed by atoms with Crippen molar-refractivity contribution in [3.8, 4) is 0 Å². The number of ketones is 1. The summed E-state index contributed by atoms with van der Waals surface area (Å²) >= 11 is 0. The van der Waals surface area contributed by atoms with E-state index in [2.05, 4.69) is 67.6 Å². The summed E-state index contributed by atoms with van der Waals surface area (Å²) in [6.45, 7) is 2.23. The first-order valence-electron chi connectivity index (χ1n) is 11.0. The molecule has 1 heteroatoms. The van der Waals surface area contributed by atoms with Crippen LogP contribution in [0.4, 0.5) is 0 Å². The second kappa shape index (κ2) is 4.92. The van der Waals surface area contributed by atoms with Crippen molar-refractivity contribution >= 4 is 16.9 Å². The standard InChI is InChI=1S/C29H20O/c1-14-10-15-12-21-17-6-2-4-8-19(17)26-24(21)28-23(15)16(11-14)13-22-18-7-3-5-9-20(18)27(25(22)28)29(26)30/h2-11,26-28H,12-13H2,1H3. The van der Waals surface area contributed by atoms with Gasteiger partial charge in [0.25, 0.3) is 0 Å². The van der Waals surface area contributed by atoms with E-state index in [0.29, 0.717) is 5.78 Å². The van der Waals surface area contributed by atoms with Gasteiger partial charge in [-0.15, -0.1) is 0 Å². The molecule has 0 bridgehead atoms. The molecule has 0 aliphatic heterocycles. The van der Waals surface area contributed by atoms with Gasteiger partial charge in [0, 0.05) is 5.92 Å². The number of Topliss-reactive ketones (excluding diaryl/α,β-unsaturated/α-hetero) is 1. The summed E-state index contributed by atoms with van der Waals surface area (Å²) in [4.78, 5) is 14.1. The molecule has 8 rings (SSSR count). The van der Waals surface area contributed by atoms with Crippen molar-refractivity contribution in [1.29, 1.82) is 0 Å². The molecule has 2 unspecified atom stereocenters. The highest BCUT2D eigenvalue weighted by atomic mass is 16.1. The average molecular weight is 384 g/mol. The molecular weight excluding hydrogens is 364 g/mol. The maximum absolute atomic E-state index is 14.1. The lowest BCUT2D eigenvalue weighted by molar-refractivity contribution is -0.121. The maximum atomic E-state index is 14.1. The molecule has 0 radical (unpaired) electrons. The second-order valence-corrected chi connectivity index (χ2v) is 9.59. The topological polar surface area (TPSA) is 17.1 Å². The van der Waals surface area contributed by atoms with E-state index in [1.54, 1.807) is 0 Å². The van der Waals surface area contributed by atoms with Crippen LogP contribution in [0.1, 0.15) is 62.3 Å². The third-order valence-corrected chi connectivity index (χ3v) is 8.22. The molecule has 3 aromatic carbocycles. The Bertz CT molecular complexity index is 1330. The summed E-state index contributed by atoms with van der Waals surface area (Å²) in [6.07, 6.45) is 1.94. The van der Waals surface area contributed by atoms with Crippen LogP contribution in [0.25, 0.3) is 11.1 Å². The highest BCUT2D eigenvalue weighted by Gasteiger charge is 2.56. The Kier molecular flexibility index (Phi) is 2.56. The number of aryl methyl sites for hydroxylation is 1. The van der Waals surface area contributed by atoms with Gasteiger partial charge in [0.2, 0.25) is 0 Å². The van der Waals surface area contributed by atoms with Gasteiger partial charge in [-0.05, 0) is 81.0 Å². The zero-order valence-electron chi connectivity index (χ0n) is 16.8. The largest absolute Gasteiger partial charge is 0.298 e. The lowest BCUT2D eigenvalue weighted by Crippen LogP contribution is -2.35. The van der Waals surface area contributed by atoms with Crippen LogP contribution >= 0.6 is 0 Å². The summed E-state index contributed by atoms with van der Waals surface area (Å²) in [7, 11) is 0. The predicted octanol–water partition coefficient (Wildman–Crippen LogP) is 5.88. The molecule has 0 spiro atoms. The molecular formula is C29H20O. The van der Waals surface area contributed by atoms with Crippen LogP contribution < -0.4 is 0 Å². The third kappa shape index (κ3) is 1.56.